The van der Waals surface area contributed by atoms with Crippen LogP contribution in [0.15, 0.2) is 0 Å². The minimum atomic E-state index is -0.469. The molecule has 3 atom stereocenters. The molecular formula is C22H39N3O3. The molecule has 1 aliphatic carbocycles. The molecule has 6 heteroatoms. The normalized spacial score (nSPS) is 22.6. The number of nitrogens with zero attached hydrogens (tertiary/aromatic N) is 1. The summed E-state index contributed by atoms with van der Waals surface area (Å²) in [6.07, 6.45) is 8.06. The molecule has 1 heterocycles. The fourth-order valence-electron chi connectivity index (χ4n) is 4.24. The zero-order valence-electron chi connectivity index (χ0n) is 17.9. The molecule has 2 aliphatic rings. The van der Waals surface area contributed by atoms with Crippen LogP contribution in [0.2, 0.25) is 0 Å². The van der Waals surface area contributed by atoms with Crippen molar-refractivity contribution in [3.8, 4) is 0 Å². The van der Waals surface area contributed by atoms with E-state index in [0.29, 0.717) is 25.2 Å². The molecule has 0 aromatic heterocycles. The fraction of sp³-hybridized carbons (Fsp3) is 0.864. The van der Waals surface area contributed by atoms with Crippen LogP contribution in [0.5, 0.6) is 0 Å². The van der Waals surface area contributed by atoms with Crippen molar-refractivity contribution in [2.45, 2.75) is 84.6 Å². The number of nitrogens with one attached hydrogen (secondary N) is 1. The number of likely N-dealkylation sites (tertiary alicyclic amines) is 1. The van der Waals surface area contributed by atoms with Crippen LogP contribution in [0.4, 0.5) is 0 Å². The van der Waals surface area contributed by atoms with Crippen LogP contribution in [0.25, 0.3) is 0 Å². The summed E-state index contributed by atoms with van der Waals surface area (Å²) in [7, 11) is 0. The minimum Gasteiger partial charge on any atom is -0.369 e. The molecule has 6 nitrogen and oxygen atoms in total. The third kappa shape index (κ3) is 6.78. The molecule has 1 saturated carbocycles. The molecule has 3 N–H and O–H groups in total. The molecule has 0 radical (unpaired) electrons. The molecule has 2 rings (SSSR count). The van der Waals surface area contributed by atoms with Gasteiger partial charge in [-0.2, -0.15) is 0 Å². The molecule has 2 fully saturated rings. The lowest BCUT2D eigenvalue weighted by atomic mass is 9.81. The lowest BCUT2D eigenvalue weighted by Gasteiger charge is -2.29. The number of rotatable bonds is 11. The van der Waals surface area contributed by atoms with Crippen LogP contribution in [0, 0.1) is 23.7 Å². The Morgan fingerprint density at radius 2 is 1.89 bits per heavy atom. The highest BCUT2D eigenvalue weighted by Gasteiger charge is 2.37. The van der Waals surface area contributed by atoms with Crippen molar-refractivity contribution >= 4 is 17.7 Å². The summed E-state index contributed by atoms with van der Waals surface area (Å²) in [5.74, 6) is -0.555. The maximum atomic E-state index is 13.2. The lowest BCUT2D eigenvalue weighted by molar-refractivity contribution is -0.139. The van der Waals surface area contributed by atoms with E-state index in [0.717, 1.165) is 38.8 Å². The average Bonchev–Trinajstić information content (AvgIpc) is 3.46. The van der Waals surface area contributed by atoms with Crippen LogP contribution >= 0.6 is 0 Å². The zero-order chi connectivity index (χ0) is 20.7. The Balaban J connectivity index is 2.08. The van der Waals surface area contributed by atoms with Gasteiger partial charge in [-0.3, -0.25) is 14.4 Å². The molecule has 0 aromatic carbocycles. The Morgan fingerprint density at radius 3 is 2.46 bits per heavy atom. The van der Waals surface area contributed by atoms with Crippen molar-refractivity contribution in [2.75, 3.05) is 13.1 Å². The van der Waals surface area contributed by atoms with Gasteiger partial charge >= 0.3 is 0 Å². The van der Waals surface area contributed by atoms with Gasteiger partial charge in [0.1, 0.15) is 6.04 Å². The van der Waals surface area contributed by atoms with Gasteiger partial charge in [0.05, 0.1) is 0 Å². The molecule has 0 aromatic rings. The van der Waals surface area contributed by atoms with E-state index >= 15 is 0 Å². The van der Waals surface area contributed by atoms with Crippen LogP contribution < -0.4 is 11.1 Å². The first-order valence-electron chi connectivity index (χ1n) is 11.2. The first-order chi connectivity index (χ1) is 13.3. The first-order valence-corrected chi connectivity index (χ1v) is 11.2. The van der Waals surface area contributed by atoms with Gasteiger partial charge in [0.2, 0.25) is 17.7 Å². The standard InChI is InChI=1S/C22H39N3O3/c1-4-5-8-17(20(23)26)18(13-15(2)3)21(27)24-19-9-6-7-12-25(22(19)28)14-16-10-11-16/h15-19H,4-14H2,1-3H3,(H2,23,26)(H,24,27)/t17-,18+,19-/m0/s1. The second-order valence-electron chi connectivity index (χ2n) is 9.17. The molecule has 1 saturated heterocycles. The molecular weight excluding hydrogens is 354 g/mol. The third-order valence-corrected chi connectivity index (χ3v) is 6.05. The number of nitrogens with two attached hydrogens (primary N) is 1. The van der Waals surface area contributed by atoms with E-state index in [9.17, 15) is 14.4 Å². The second-order valence-corrected chi connectivity index (χ2v) is 9.17. The molecule has 1 aliphatic heterocycles. The second kappa shape index (κ2) is 10.8. The van der Waals surface area contributed by atoms with Crippen molar-refractivity contribution in [3.63, 3.8) is 0 Å². The number of carbonyl (C=O) groups excluding carboxylic acids is 3. The Labute approximate surface area is 170 Å². The average molecular weight is 394 g/mol. The number of primary amides is 1. The van der Waals surface area contributed by atoms with E-state index < -0.39 is 23.8 Å². The third-order valence-electron chi connectivity index (χ3n) is 6.05. The Kier molecular flexibility index (Phi) is 8.77. The lowest BCUT2D eigenvalue weighted by Crippen LogP contribution is -2.51. The highest BCUT2D eigenvalue weighted by Crippen LogP contribution is 2.31. The summed E-state index contributed by atoms with van der Waals surface area (Å²) in [6.45, 7) is 7.77. The summed E-state index contributed by atoms with van der Waals surface area (Å²) in [6, 6.07) is -0.469. The highest BCUT2D eigenvalue weighted by molar-refractivity contribution is 5.91. The van der Waals surface area contributed by atoms with Crippen molar-refractivity contribution < 1.29 is 14.4 Å². The maximum absolute atomic E-state index is 13.2. The van der Waals surface area contributed by atoms with E-state index in [1.807, 2.05) is 18.7 Å². The number of hydrogen-bond acceptors (Lipinski definition) is 3. The molecule has 0 unspecified atom stereocenters. The van der Waals surface area contributed by atoms with Crippen molar-refractivity contribution in [1.82, 2.24) is 10.2 Å². The van der Waals surface area contributed by atoms with Gasteiger partial charge in [0.15, 0.2) is 0 Å². The van der Waals surface area contributed by atoms with Crippen LogP contribution in [-0.2, 0) is 14.4 Å². The van der Waals surface area contributed by atoms with Crippen LogP contribution in [0.1, 0.15) is 78.6 Å². The Morgan fingerprint density at radius 1 is 1.18 bits per heavy atom. The summed E-state index contributed by atoms with van der Waals surface area (Å²) in [5.41, 5.74) is 5.67. The van der Waals surface area contributed by atoms with Gasteiger partial charge < -0.3 is 16.0 Å². The summed E-state index contributed by atoms with van der Waals surface area (Å²) >= 11 is 0. The zero-order valence-corrected chi connectivity index (χ0v) is 17.9. The van der Waals surface area contributed by atoms with Crippen molar-refractivity contribution in [3.05, 3.63) is 0 Å². The van der Waals surface area contributed by atoms with E-state index in [1.54, 1.807) is 0 Å². The maximum Gasteiger partial charge on any atom is 0.245 e. The Bertz CT molecular complexity index is 545. The van der Waals surface area contributed by atoms with Gasteiger partial charge in [-0.25, -0.2) is 0 Å². The van der Waals surface area contributed by atoms with Crippen LogP contribution in [0.3, 0.4) is 0 Å². The van der Waals surface area contributed by atoms with Gasteiger partial charge in [0, 0.05) is 24.9 Å². The largest absolute Gasteiger partial charge is 0.369 e. The Hall–Kier alpha value is -1.59. The van der Waals surface area contributed by atoms with Crippen LogP contribution in [-0.4, -0.2) is 41.8 Å². The minimum absolute atomic E-state index is 0.0465. The topological polar surface area (TPSA) is 92.5 Å². The molecule has 0 spiro atoms. The van der Waals surface area contributed by atoms with E-state index in [2.05, 4.69) is 12.2 Å². The molecule has 3 amide bonds. The quantitative estimate of drug-likeness (QED) is 0.565. The number of carbonyl (C=O) groups is 3. The fourth-order valence-corrected chi connectivity index (χ4v) is 4.24. The summed E-state index contributed by atoms with van der Waals surface area (Å²) in [4.78, 5) is 40.2. The van der Waals surface area contributed by atoms with E-state index in [4.69, 9.17) is 5.73 Å². The SMILES string of the molecule is CCCC[C@H](C(N)=O)[C@@H](CC(C)C)C(=O)N[C@H]1CCCCN(CC2CC2)C1=O. The van der Waals surface area contributed by atoms with E-state index in [-0.39, 0.29) is 17.7 Å². The number of hydrogen-bond donors (Lipinski definition) is 2. The summed E-state index contributed by atoms with van der Waals surface area (Å²) in [5, 5.41) is 3.01. The monoisotopic (exact) mass is 393 g/mol. The number of amides is 3. The van der Waals surface area contributed by atoms with Gasteiger partial charge in [-0.05, 0) is 56.8 Å². The van der Waals surface area contributed by atoms with Gasteiger partial charge in [-0.1, -0.05) is 33.6 Å². The van der Waals surface area contributed by atoms with Crippen molar-refractivity contribution in [2.24, 2.45) is 29.4 Å². The van der Waals surface area contributed by atoms with Gasteiger partial charge in [-0.15, -0.1) is 0 Å². The molecule has 28 heavy (non-hydrogen) atoms. The first kappa shape index (κ1) is 22.7. The summed E-state index contributed by atoms with van der Waals surface area (Å²) < 4.78 is 0. The van der Waals surface area contributed by atoms with E-state index in [1.165, 1.54) is 12.8 Å². The molecule has 0 bridgehead atoms. The predicted molar refractivity (Wildman–Crippen MR) is 110 cm³/mol. The smallest absolute Gasteiger partial charge is 0.245 e. The number of unbranched alkanes of at least 4 members (excludes halogenated alkanes) is 1. The highest BCUT2D eigenvalue weighted by atomic mass is 16.2. The van der Waals surface area contributed by atoms with Gasteiger partial charge in [0.25, 0.3) is 0 Å². The predicted octanol–water partition coefficient (Wildman–Crippen LogP) is 2.85. The van der Waals surface area contributed by atoms with Crippen molar-refractivity contribution in [1.29, 1.82) is 0 Å². The molecule has 160 valence electrons.